The number of fused-ring (bicyclic) bond motifs is 1. The Hall–Kier alpha value is -2.08. The van der Waals surface area contributed by atoms with Crippen LogP contribution in [0.5, 0.6) is 0 Å². The monoisotopic (exact) mass is 277 g/mol. The first kappa shape index (κ1) is 14.3. The molecule has 0 aliphatic rings. The number of aromatic carboxylic acids is 1. The maximum Gasteiger partial charge on any atom is 0.335 e. The molecule has 0 aliphatic carbocycles. The average molecular weight is 277 g/mol. The summed E-state index contributed by atoms with van der Waals surface area (Å²) in [7, 11) is 5.98. The van der Waals surface area contributed by atoms with Gasteiger partial charge in [0, 0.05) is 13.6 Å². The standard InChI is InChI=1S/C14H19N3O3/c1-16(2)7-4-8-17(3)14-15-11-6-5-10(13(18)19)9-12(11)20-14/h5-6,9H,4,7-8H2,1-3H3,(H,18,19). The number of oxazole rings is 1. The number of carboxylic acids is 1. The molecule has 6 nitrogen and oxygen atoms in total. The highest BCUT2D eigenvalue weighted by Gasteiger charge is 2.12. The molecule has 20 heavy (non-hydrogen) atoms. The molecule has 0 unspecified atom stereocenters. The molecule has 0 atom stereocenters. The fraction of sp³-hybridized carbons (Fsp3) is 0.429. The third kappa shape index (κ3) is 3.27. The molecule has 0 fully saturated rings. The predicted octanol–water partition coefficient (Wildman–Crippen LogP) is 1.91. The van der Waals surface area contributed by atoms with E-state index in [0.717, 1.165) is 19.5 Å². The van der Waals surface area contributed by atoms with Crippen LogP contribution >= 0.6 is 0 Å². The van der Waals surface area contributed by atoms with Crippen LogP contribution < -0.4 is 4.90 Å². The SMILES string of the molecule is CN(C)CCCN(C)c1nc2ccc(C(=O)O)cc2o1. The first-order chi connectivity index (χ1) is 9.47. The number of anilines is 1. The summed E-state index contributed by atoms with van der Waals surface area (Å²) >= 11 is 0. The number of aromatic nitrogens is 1. The first-order valence-corrected chi connectivity index (χ1v) is 6.47. The number of carbonyl (C=O) groups is 1. The lowest BCUT2D eigenvalue weighted by Crippen LogP contribution is -2.23. The van der Waals surface area contributed by atoms with Gasteiger partial charge in [-0.15, -0.1) is 0 Å². The van der Waals surface area contributed by atoms with Crippen LogP contribution in [0.4, 0.5) is 6.01 Å². The first-order valence-electron chi connectivity index (χ1n) is 6.47. The van der Waals surface area contributed by atoms with E-state index in [1.807, 2.05) is 26.0 Å². The van der Waals surface area contributed by atoms with Crippen LogP contribution in [0.3, 0.4) is 0 Å². The normalized spacial score (nSPS) is 11.2. The quantitative estimate of drug-likeness (QED) is 0.870. The number of benzene rings is 1. The molecule has 0 saturated carbocycles. The Labute approximate surface area is 117 Å². The van der Waals surface area contributed by atoms with E-state index in [0.29, 0.717) is 17.1 Å². The number of rotatable bonds is 6. The van der Waals surface area contributed by atoms with Crippen LogP contribution in [0.2, 0.25) is 0 Å². The molecule has 2 rings (SSSR count). The molecular weight excluding hydrogens is 258 g/mol. The molecule has 1 N–H and O–H groups in total. The minimum atomic E-state index is -0.968. The lowest BCUT2D eigenvalue weighted by molar-refractivity contribution is 0.0697. The van der Waals surface area contributed by atoms with E-state index in [4.69, 9.17) is 9.52 Å². The van der Waals surface area contributed by atoms with Gasteiger partial charge in [-0.25, -0.2) is 4.79 Å². The molecule has 0 spiro atoms. The molecule has 0 bridgehead atoms. The second kappa shape index (κ2) is 5.92. The molecule has 1 aromatic heterocycles. The summed E-state index contributed by atoms with van der Waals surface area (Å²) in [5.41, 5.74) is 1.37. The molecule has 0 aliphatic heterocycles. The fourth-order valence-corrected chi connectivity index (χ4v) is 1.93. The van der Waals surface area contributed by atoms with Crippen molar-refractivity contribution >= 4 is 23.1 Å². The van der Waals surface area contributed by atoms with E-state index in [-0.39, 0.29) is 5.56 Å². The molecule has 6 heteroatoms. The van der Waals surface area contributed by atoms with Crippen molar-refractivity contribution in [1.82, 2.24) is 9.88 Å². The zero-order valence-electron chi connectivity index (χ0n) is 12.0. The van der Waals surface area contributed by atoms with Crippen LogP contribution in [0.15, 0.2) is 22.6 Å². The van der Waals surface area contributed by atoms with E-state index < -0.39 is 5.97 Å². The average Bonchev–Trinajstić information content (AvgIpc) is 2.80. The summed E-state index contributed by atoms with van der Waals surface area (Å²) in [5.74, 6) is -0.968. The molecule has 0 amide bonds. The van der Waals surface area contributed by atoms with Gasteiger partial charge in [-0.3, -0.25) is 0 Å². The maximum atomic E-state index is 10.9. The zero-order valence-corrected chi connectivity index (χ0v) is 12.0. The second-order valence-corrected chi connectivity index (χ2v) is 5.06. The summed E-state index contributed by atoms with van der Waals surface area (Å²) in [4.78, 5) is 19.3. The van der Waals surface area contributed by atoms with E-state index in [9.17, 15) is 4.79 Å². The summed E-state index contributed by atoms with van der Waals surface area (Å²) < 4.78 is 5.62. The van der Waals surface area contributed by atoms with Gasteiger partial charge in [0.2, 0.25) is 0 Å². The molecule has 2 aromatic rings. The topological polar surface area (TPSA) is 69.8 Å². The molecule has 108 valence electrons. The summed E-state index contributed by atoms with van der Waals surface area (Å²) in [6, 6.07) is 5.21. The number of hydrogen-bond acceptors (Lipinski definition) is 5. The molecular formula is C14H19N3O3. The summed E-state index contributed by atoms with van der Waals surface area (Å²) in [6.07, 6.45) is 1.00. The Kier molecular flexibility index (Phi) is 4.24. The zero-order chi connectivity index (χ0) is 14.7. The van der Waals surface area contributed by atoms with Gasteiger partial charge < -0.3 is 19.3 Å². The van der Waals surface area contributed by atoms with Crippen molar-refractivity contribution in [3.8, 4) is 0 Å². The lowest BCUT2D eigenvalue weighted by atomic mass is 10.2. The third-order valence-corrected chi connectivity index (χ3v) is 3.05. The van der Waals surface area contributed by atoms with Crippen molar-refractivity contribution in [2.45, 2.75) is 6.42 Å². The van der Waals surface area contributed by atoms with Gasteiger partial charge in [0.25, 0.3) is 6.01 Å². The number of carboxylic acid groups (broad SMARTS) is 1. The van der Waals surface area contributed by atoms with Gasteiger partial charge in [0.15, 0.2) is 5.58 Å². The van der Waals surface area contributed by atoms with Crippen LogP contribution in [0.25, 0.3) is 11.1 Å². The highest BCUT2D eigenvalue weighted by atomic mass is 16.4. The third-order valence-electron chi connectivity index (χ3n) is 3.05. The predicted molar refractivity (Wildman–Crippen MR) is 77.4 cm³/mol. The van der Waals surface area contributed by atoms with Crippen molar-refractivity contribution in [2.24, 2.45) is 0 Å². The Balaban J connectivity index is 2.12. The van der Waals surface area contributed by atoms with E-state index >= 15 is 0 Å². The highest BCUT2D eigenvalue weighted by Crippen LogP contribution is 2.22. The molecule has 1 aromatic carbocycles. The number of nitrogens with zero attached hydrogens (tertiary/aromatic N) is 3. The molecule has 1 heterocycles. The minimum Gasteiger partial charge on any atom is -0.478 e. The Morgan fingerprint density at radius 1 is 1.30 bits per heavy atom. The fourth-order valence-electron chi connectivity index (χ4n) is 1.93. The summed E-state index contributed by atoms with van der Waals surface area (Å²) in [5, 5.41) is 8.95. The molecule has 0 saturated heterocycles. The van der Waals surface area contributed by atoms with Gasteiger partial charge in [-0.05, 0) is 45.3 Å². The van der Waals surface area contributed by atoms with Crippen LogP contribution in [0, 0.1) is 0 Å². The van der Waals surface area contributed by atoms with Crippen molar-refractivity contribution in [3.05, 3.63) is 23.8 Å². The van der Waals surface area contributed by atoms with Gasteiger partial charge in [-0.1, -0.05) is 0 Å². The lowest BCUT2D eigenvalue weighted by Gasteiger charge is -2.15. The Morgan fingerprint density at radius 3 is 2.70 bits per heavy atom. The van der Waals surface area contributed by atoms with Crippen molar-refractivity contribution < 1.29 is 14.3 Å². The molecule has 0 radical (unpaired) electrons. The van der Waals surface area contributed by atoms with Crippen LogP contribution in [-0.2, 0) is 0 Å². The van der Waals surface area contributed by atoms with Gasteiger partial charge in [0.1, 0.15) is 5.52 Å². The minimum absolute atomic E-state index is 0.204. The van der Waals surface area contributed by atoms with Gasteiger partial charge in [-0.2, -0.15) is 4.98 Å². The van der Waals surface area contributed by atoms with Crippen LogP contribution in [-0.4, -0.2) is 55.2 Å². The van der Waals surface area contributed by atoms with Gasteiger partial charge >= 0.3 is 5.97 Å². The smallest absolute Gasteiger partial charge is 0.335 e. The Bertz CT molecular complexity index is 607. The van der Waals surface area contributed by atoms with E-state index in [1.165, 1.54) is 12.1 Å². The van der Waals surface area contributed by atoms with Crippen molar-refractivity contribution in [3.63, 3.8) is 0 Å². The Morgan fingerprint density at radius 2 is 2.05 bits per heavy atom. The van der Waals surface area contributed by atoms with Gasteiger partial charge in [0.05, 0.1) is 5.56 Å². The maximum absolute atomic E-state index is 10.9. The van der Waals surface area contributed by atoms with E-state index in [1.54, 1.807) is 6.07 Å². The second-order valence-electron chi connectivity index (χ2n) is 5.06. The van der Waals surface area contributed by atoms with E-state index in [2.05, 4.69) is 9.88 Å². The van der Waals surface area contributed by atoms with Crippen molar-refractivity contribution in [1.29, 1.82) is 0 Å². The van der Waals surface area contributed by atoms with Crippen LogP contribution in [0.1, 0.15) is 16.8 Å². The highest BCUT2D eigenvalue weighted by molar-refractivity contribution is 5.92. The number of hydrogen-bond donors (Lipinski definition) is 1. The summed E-state index contributed by atoms with van der Waals surface area (Å²) in [6.45, 7) is 1.82. The largest absolute Gasteiger partial charge is 0.478 e. The van der Waals surface area contributed by atoms with Crippen molar-refractivity contribution in [2.75, 3.05) is 39.1 Å².